The number of aryl methyl sites for hydroxylation is 1. The number of amides is 1. The van der Waals surface area contributed by atoms with Crippen molar-refractivity contribution in [3.05, 3.63) is 30.1 Å². The van der Waals surface area contributed by atoms with E-state index in [-0.39, 0.29) is 17.7 Å². The summed E-state index contributed by atoms with van der Waals surface area (Å²) in [6, 6.07) is 3.88. The third kappa shape index (κ3) is 4.80. The maximum Gasteiger partial charge on any atom is 0.230 e. The van der Waals surface area contributed by atoms with Gasteiger partial charge in [-0.05, 0) is 28.5 Å². The van der Waals surface area contributed by atoms with Crippen LogP contribution in [0, 0.1) is 0 Å². The van der Waals surface area contributed by atoms with Gasteiger partial charge in [0.15, 0.2) is 0 Å². The molecule has 2 rings (SSSR count). The lowest BCUT2D eigenvalue weighted by Crippen LogP contribution is -2.30. The second kappa shape index (κ2) is 8.47. The summed E-state index contributed by atoms with van der Waals surface area (Å²) >= 11 is 1.32. The molecular formula is C14H20N6OS. The molecule has 2 aromatic heterocycles. The van der Waals surface area contributed by atoms with Gasteiger partial charge in [-0.2, -0.15) is 0 Å². The third-order valence-electron chi connectivity index (χ3n) is 3.18. The molecule has 0 fully saturated rings. The molecule has 8 heteroatoms. The number of nitrogens with zero attached hydrogens (tertiary/aromatic N) is 5. The van der Waals surface area contributed by atoms with E-state index in [4.69, 9.17) is 0 Å². The average Bonchev–Trinajstić information content (AvgIpc) is 2.95. The average molecular weight is 320 g/mol. The van der Waals surface area contributed by atoms with Crippen LogP contribution < -0.4 is 5.32 Å². The van der Waals surface area contributed by atoms with Gasteiger partial charge in [-0.15, -0.1) is 5.10 Å². The number of aromatic nitrogens is 5. The lowest BCUT2D eigenvalue weighted by atomic mass is 10.0. The summed E-state index contributed by atoms with van der Waals surface area (Å²) in [6.07, 6.45) is 6.59. The Hall–Kier alpha value is -1.96. The summed E-state index contributed by atoms with van der Waals surface area (Å²) in [5.74, 6) is 0.259. The van der Waals surface area contributed by atoms with Crippen molar-refractivity contribution in [1.82, 2.24) is 30.5 Å². The zero-order valence-electron chi connectivity index (χ0n) is 12.8. The first kappa shape index (κ1) is 16.4. The van der Waals surface area contributed by atoms with Gasteiger partial charge < -0.3 is 5.32 Å². The van der Waals surface area contributed by atoms with E-state index in [1.807, 2.05) is 12.1 Å². The highest BCUT2D eigenvalue weighted by Crippen LogP contribution is 2.19. The number of rotatable bonds is 8. The van der Waals surface area contributed by atoms with Gasteiger partial charge in [-0.3, -0.25) is 9.78 Å². The van der Waals surface area contributed by atoms with Crippen molar-refractivity contribution in [1.29, 1.82) is 0 Å². The first-order valence-corrected chi connectivity index (χ1v) is 8.23. The summed E-state index contributed by atoms with van der Waals surface area (Å²) < 4.78 is 1.55. The monoisotopic (exact) mass is 320 g/mol. The molecule has 0 bridgehead atoms. The minimum Gasteiger partial charge on any atom is -0.349 e. The Kier molecular flexibility index (Phi) is 6.32. The fourth-order valence-corrected chi connectivity index (χ4v) is 2.68. The maximum atomic E-state index is 12.2. The summed E-state index contributed by atoms with van der Waals surface area (Å²) in [5, 5.41) is 14.8. The van der Waals surface area contributed by atoms with Crippen LogP contribution in [0.4, 0.5) is 0 Å². The highest BCUT2D eigenvalue weighted by Gasteiger charge is 2.15. The second-order valence-electron chi connectivity index (χ2n) is 4.92. The second-order valence-corrected chi connectivity index (χ2v) is 5.86. The van der Waals surface area contributed by atoms with E-state index in [0.29, 0.717) is 5.16 Å². The topological polar surface area (TPSA) is 85.6 Å². The minimum absolute atomic E-state index is 0.000582. The molecule has 0 aliphatic carbocycles. The highest BCUT2D eigenvalue weighted by atomic mass is 32.2. The van der Waals surface area contributed by atoms with Crippen LogP contribution in [0.2, 0.25) is 0 Å². The maximum absolute atomic E-state index is 12.2. The largest absolute Gasteiger partial charge is 0.349 e. The van der Waals surface area contributed by atoms with Crippen LogP contribution in [0.5, 0.6) is 0 Å². The summed E-state index contributed by atoms with van der Waals surface area (Å²) in [7, 11) is 1.75. The molecular weight excluding hydrogens is 300 g/mol. The van der Waals surface area contributed by atoms with E-state index in [0.717, 1.165) is 24.8 Å². The molecule has 2 heterocycles. The predicted molar refractivity (Wildman–Crippen MR) is 84.2 cm³/mol. The van der Waals surface area contributed by atoms with Gasteiger partial charge in [0.25, 0.3) is 0 Å². The Morgan fingerprint density at radius 3 is 3.00 bits per heavy atom. The van der Waals surface area contributed by atoms with E-state index >= 15 is 0 Å². The van der Waals surface area contributed by atoms with Crippen molar-refractivity contribution >= 4 is 17.7 Å². The van der Waals surface area contributed by atoms with Crippen LogP contribution in [0.25, 0.3) is 0 Å². The van der Waals surface area contributed by atoms with Crippen LogP contribution in [-0.4, -0.2) is 36.9 Å². The van der Waals surface area contributed by atoms with Gasteiger partial charge in [-0.1, -0.05) is 37.6 Å². The molecule has 1 N–H and O–H groups in total. The van der Waals surface area contributed by atoms with E-state index in [9.17, 15) is 4.79 Å². The van der Waals surface area contributed by atoms with E-state index in [1.165, 1.54) is 11.8 Å². The summed E-state index contributed by atoms with van der Waals surface area (Å²) in [4.78, 5) is 16.3. The molecule has 0 spiro atoms. The van der Waals surface area contributed by atoms with Crippen molar-refractivity contribution in [3.8, 4) is 0 Å². The molecule has 0 aliphatic rings. The first-order valence-electron chi connectivity index (χ1n) is 7.25. The third-order valence-corrected chi connectivity index (χ3v) is 4.19. The van der Waals surface area contributed by atoms with Gasteiger partial charge in [-0.25, -0.2) is 4.68 Å². The van der Waals surface area contributed by atoms with Crippen LogP contribution in [0.1, 0.15) is 37.8 Å². The zero-order chi connectivity index (χ0) is 15.8. The van der Waals surface area contributed by atoms with Gasteiger partial charge in [0.1, 0.15) is 0 Å². The number of carbonyl (C=O) groups excluding carboxylic acids is 1. The van der Waals surface area contributed by atoms with Crippen molar-refractivity contribution in [3.63, 3.8) is 0 Å². The quantitative estimate of drug-likeness (QED) is 0.746. The molecule has 0 saturated carbocycles. The molecule has 0 saturated heterocycles. The molecule has 2 aromatic rings. The molecule has 1 atom stereocenters. The number of pyridine rings is 1. The Morgan fingerprint density at radius 1 is 1.50 bits per heavy atom. The molecule has 0 aromatic carbocycles. The van der Waals surface area contributed by atoms with Crippen molar-refractivity contribution < 1.29 is 4.79 Å². The van der Waals surface area contributed by atoms with Gasteiger partial charge in [0.05, 0.1) is 11.8 Å². The Labute approximate surface area is 133 Å². The van der Waals surface area contributed by atoms with Crippen LogP contribution in [0.3, 0.4) is 0 Å². The Balaban J connectivity index is 1.91. The lowest BCUT2D eigenvalue weighted by Gasteiger charge is -2.18. The number of carbonyl (C=O) groups is 1. The molecule has 1 amide bonds. The van der Waals surface area contributed by atoms with Gasteiger partial charge in [0, 0.05) is 19.4 Å². The molecule has 22 heavy (non-hydrogen) atoms. The van der Waals surface area contributed by atoms with Crippen molar-refractivity contribution in [2.24, 2.45) is 7.05 Å². The number of nitrogens with one attached hydrogen (secondary N) is 1. The van der Waals surface area contributed by atoms with Gasteiger partial charge >= 0.3 is 0 Å². The van der Waals surface area contributed by atoms with Crippen LogP contribution in [-0.2, 0) is 11.8 Å². The summed E-state index contributed by atoms with van der Waals surface area (Å²) in [5.41, 5.74) is 1.04. The normalized spacial score (nSPS) is 12.1. The van der Waals surface area contributed by atoms with Crippen molar-refractivity contribution in [2.45, 2.75) is 37.4 Å². The smallest absolute Gasteiger partial charge is 0.230 e. The Bertz CT molecular complexity index is 588. The SMILES string of the molecule is CCCC[C@H](NC(=O)CSc1nnnn1C)c1cccnc1. The molecule has 0 radical (unpaired) electrons. The molecule has 7 nitrogen and oxygen atoms in total. The van der Waals surface area contributed by atoms with E-state index < -0.39 is 0 Å². The lowest BCUT2D eigenvalue weighted by molar-refractivity contribution is -0.119. The highest BCUT2D eigenvalue weighted by molar-refractivity contribution is 7.99. The van der Waals surface area contributed by atoms with Crippen LogP contribution in [0.15, 0.2) is 29.7 Å². The fourth-order valence-electron chi connectivity index (χ4n) is 2.02. The number of tetrazole rings is 1. The zero-order valence-corrected chi connectivity index (χ0v) is 13.6. The van der Waals surface area contributed by atoms with E-state index in [1.54, 1.807) is 24.1 Å². The number of unbranched alkanes of at least 4 members (excludes halogenated alkanes) is 1. The van der Waals surface area contributed by atoms with E-state index in [2.05, 4.69) is 32.7 Å². The predicted octanol–water partition coefficient (Wildman–Crippen LogP) is 1.74. The number of hydrogen-bond donors (Lipinski definition) is 1. The number of hydrogen-bond acceptors (Lipinski definition) is 6. The summed E-state index contributed by atoms with van der Waals surface area (Å²) in [6.45, 7) is 2.14. The fraction of sp³-hybridized carbons (Fsp3) is 0.500. The molecule has 118 valence electrons. The van der Waals surface area contributed by atoms with Gasteiger partial charge in [0.2, 0.25) is 11.1 Å². The Morgan fingerprint density at radius 2 is 2.36 bits per heavy atom. The first-order chi connectivity index (χ1) is 10.7. The van der Waals surface area contributed by atoms with Crippen molar-refractivity contribution in [2.75, 3.05) is 5.75 Å². The minimum atomic E-state index is -0.0297. The number of thioether (sulfide) groups is 1. The molecule has 0 aliphatic heterocycles. The van der Waals surface area contributed by atoms with Crippen LogP contribution >= 0.6 is 11.8 Å². The standard InChI is InChI=1S/C14H20N6OS/c1-3-4-7-12(11-6-5-8-15-9-11)16-13(21)10-22-14-17-18-19-20(14)2/h5-6,8-9,12H,3-4,7,10H2,1-2H3,(H,16,21)/t12-/m0/s1. The molecule has 0 unspecified atom stereocenters.